The minimum absolute atomic E-state index is 0.0688. The van der Waals surface area contributed by atoms with E-state index >= 15 is 0 Å². The molecule has 0 saturated heterocycles. The molecule has 2 aromatic carbocycles. The average Bonchev–Trinajstić information content (AvgIpc) is 2.92. The third-order valence-corrected chi connectivity index (χ3v) is 4.71. The van der Waals surface area contributed by atoms with Crippen molar-refractivity contribution in [3.63, 3.8) is 0 Å². The van der Waals surface area contributed by atoms with Crippen LogP contribution in [-0.2, 0) is 4.79 Å². The largest absolute Gasteiger partial charge is 0.376 e. The van der Waals surface area contributed by atoms with E-state index in [4.69, 9.17) is 0 Å². The lowest BCUT2D eigenvalue weighted by Gasteiger charge is -2.11. The molecule has 1 aromatic heterocycles. The number of aromatic amines is 1. The molecule has 0 bridgehead atoms. The van der Waals surface area contributed by atoms with Crippen molar-refractivity contribution in [1.29, 1.82) is 0 Å². The Hall–Kier alpha value is -3.28. The van der Waals surface area contributed by atoms with Crippen LogP contribution in [0, 0.1) is 27.7 Å². The van der Waals surface area contributed by atoms with Gasteiger partial charge in [0.05, 0.1) is 6.54 Å². The van der Waals surface area contributed by atoms with Crippen molar-refractivity contribution in [2.75, 3.05) is 11.9 Å². The van der Waals surface area contributed by atoms with Gasteiger partial charge in [0.2, 0.25) is 0 Å². The molecule has 0 aliphatic heterocycles. The molecule has 0 aliphatic carbocycles. The molecule has 0 fully saturated rings. The number of aryl methyl sites for hydroxylation is 4. The van der Waals surface area contributed by atoms with E-state index in [1.165, 1.54) is 5.56 Å². The van der Waals surface area contributed by atoms with Gasteiger partial charge in [-0.15, -0.1) is 0 Å². The Kier molecular flexibility index (Phi) is 5.16. The van der Waals surface area contributed by atoms with Crippen molar-refractivity contribution in [1.82, 2.24) is 15.8 Å². The standard InChI is InChI=1S/C21H24N4O2/c1-12-5-7-18(13(2)9-12)22-11-20(26)24-25-21(27)16-6-8-19-17(10-16)14(3)15(4)23-19/h5-10,22-23H,11H2,1-4H3,(H,24,26)(H,25,27). The summed E-state index contributed by atoms with van der Waals surface area (Å²) in [4.78, 5) is 27.6. The van der Waals surface area contributed by atoms with Gasteiger partial charge < -0.3 is 10.3 Å². The van der Waals surface area contributed by atoms with Gasteiger partial charge in [0.25, 0.3) is 11.8 Å². The molecule has 3 aromatic rings. The van der Waals surface area contributed by atoms with E-state index in [1.807, 2.05) is 58.0 Å². The van der Waals surface area contributed by atoms with Crippen LogP contribution < -0.4 is 16.2 Å². The maximum atomic E-state index is 12.3. The lowest BCUT2D eigenvalue weighted by atomic mass is 10.1. The van der Waals surface area contributed by atoms with Crippen molar-refractivity contribution >= 4 is 28.4 Å². The topological polar surface area (TPSA) is 86.0 Å². The van der Waals surface area contributed by atoms with Gasteiger partial charge in [0, 0.05) is 27.8 Å². The minimum atomic E-state index is -0.352. The summed E-state index contributed by atoms with van der Waals surface area (Å²) in [6.07, 6.45) is 0. The lowest BCUT2D eigenvalue weighted by Crippen LogP contribution is -2.44. The van der Waals surface area contributed by atoms with Crippen LogP contribution in [0.25, 0.3) is 10.9 Å². The van der Waals surface area contributed by atoms with Crippen LogP contribution in [0.4, 0.5) is 5.69 Å². The summed E-state index contributed by atoms with van der Waals surface area (Å²) < 4.78 is 0. The number of carbonyl (C=O) groups is 2. The summed E-state index contributed by atoms with van der Waals surface area (Å²) in [5, 5.41) is 4.07. The zero-order chi connectivity index (χ0) is 19.6. The van der Waals surface area contributed by atoms with Crippen LogP contribution in [0.1, 0.15) is 32.7 Å². The lowest BCUT2D eigenvalue weighted by molar-refractivity contribution is -0.120. The fourth-order valence-electron chi connectivity index (χ4n) is 3.03. The van der Waals surface area contributed by atoms with E-state index in [0.29, 0.717) is 5.56 Å². The number of carbonyl (C=O) groups excluding carboxylic acids is 2. The van der Waals surface area contributed by atoms with Crippen LogP contribution in [0.5, 0.6) is 0 Å². The number of hydrazine groups is 1. The molecule has 6 heteroatoms. The van der Waals surface area contributed by atoms with E-state index in [0.717, 1.165) is 33.4 Å². The molecule has 0 saturated carbocycles. The Bertz CT molecular complexity index is 1020. The second-order valence-corrected chi connectivity index (χ2v) is 6.81. The van der Waals surface area contributed by atoms with Gasteiger partial charge in [-0.05, 0) is 63.1 Å². The highest BCUT2D eigenvalue weighted by Gasteiger charge is 2.11. The maximum Gasteiger partial charge on any atom is 0.269 e. The van der Waals surface area contributed by atoms with Gasteiger partial charge in [-0.3, -0.25) is 20.4 Å². The zero-order valence-electron chi connectivity index (χ0n) is 16.0. The first kappa shape index (κ1) is 18.5. The predicted molar refractivity (Wildman–Crippen MR) is 108 cm³/mol. The van der Waals surface area contributed by atoms with Crippen molar-refractivity contribution < 1.29 is 9.59 Å². The monoisotopic (exact) mass is 364 g/mol. The van der Waals surface area contributed by atoms with Crippen molar-refractivity contribution in [3.8, 4) is 0 Å². The predicted octanol–water partition coefficient (Wildman–Crippen LogP) is 3.27. The number of rotatable bonds is 4. The zero-order valence-corrected chi connectivity index (χ0v) is 16.0. The van der Waals surface area contributed by atoms with E-state index < -0.39 is 0 Å². The van der Waals surface area contributed by atoms with Crippen LogP contribution in [0.3, 0.4) is 0 Å². The van der Waals surface area contributed by atoms with Gasteiger partial charge >= 0.3 is 0 Å². The second kappa shape index (κ2) is 7.53. The number of aromatic nitrogens is 1. The van der Waals surface area contributed by atoms with E-state index in [1.54, 1.807) is 6.07 Å². The Labute approximate surface area is 158 Å². The number of anilines is 1. The maximum absolute atomic E-state index is 12.3. The summed E-state index contributed by atoms with van der Waals surface area (Å²) in [5.74, 6) is -0.673. The minimum Gasteiger partial charge on any atom is -0.376 e. The molecular formula is C21H24N4O2. The molecule has 140 valence electrons. The number of nitrogens with one attached hydrogen (secondary N) is 4. The Morgan fingerprint density at radius 3 is 2.48 bits per heavy atom. The Balaban J connectivity index is 1.57. The molecule has 27 heavy (non-hydrogen) atoms. The molecule has 2 amide bonds. The molecule has 1 heterocycles. The summed E-state index contributed by atoms with van der Waals surface area (Å²) >= 11 is 0. The van der Waals surface area contributed by atoms with Crippen LogP contribution in [-0.4, -0.2) is 23.3 Å². The summed E-state index contributed by atoms with van der Waals surface area (Å²) in [6.45, 7) is 8.08. The molecule has 0 unspecified atom stereocenters. The fourth-order valence-corrected chi connectivity index (χ4v) is 3.03. The number of hydrogen-bond acceptors (Lipinski definition) is 3. The SMILES string of the molecule is Cc1ccc(NCC(=O)NNC(=O)c2ccc3[nH]c(C)c(C)c3c2)c(C)c1. The molecule has 0 radical (unpaired) electrons. The van der Waals surface area contributed by atoms with Crippen molar-refractivity contribution in [3.05, 3.63) is 64.3 Å². The number of hydrogen-bond donors (Lipinski definition) is 4. The third kappa shape index (κ3) is 4.11. The first-order valence-corrected chi connectivity index (χ1v) is 8.84. The highest BCUT2D eigenvalue weighted by molar-refractivity contribution is 5.99. The first-order valence-electron chi connectivity index (χ1n) is 8.84. The van der Waals surface area contributed by atoms with E-state index in [-0.39, 0.29) is 18.4 Å². The smallest absolute Gasteiger partial charge is 0.269 e. The van der Waals surface area contributed by atoms with Gasteiger partial charge in [-0.1, -0.05) is 17.7 Å². The van der Waals surface area contributed by atoms with Gasteiger partial charge in [0.1, 0.15) is 0 Å². The second-order valence-electron chi connectivity index (χ2n) is 6.81. The number of fused-ring (bicyclic) bond motifs is 1. The van der Waals surface area contributed by atoms with Crippen molar-refractivity contribution in [2.24, 2.45) is 0 Å². The van der Waals surface area contributed by atoms with Gasteiger partial charge in [-0.2, -0.15) is 0 Å². The molecule has 0 spiro atoms. The highest BCUT2D eigenvalue weighted by atomic mass is 16.2. The van der Waals surface area contributed by atoms with Crippen LogP contribution in [0.15, 0.2) is 36.4 Å². The normalized spacial score (nSPS) is 10.7. The number of benzene rings is 2. The molecule has 0 atom stereocenters. The van der Waals surface area contributed by atoms with Gasteiger partial charge in [0.15, 0.2) is 0 Å². The number of H-pyrrole nitrogens is 1. The van der Waals surface area contributed by atoms with E-state index in [9.17, 15) is 9.59 Å². The first-order chi connectivity index (χ1) is 12.8. The van der Waals surface area contributed by atoms with Crippen LogP contribution >= 0.6 is 0 Å². The Morgan fingerprint density at radius 2 is 1.74 bits per heavy atom. The Morgan fingerprint density at radius 1 is 0.963 bits per heavy atom. The van der Waals surface area contributed by atoms with E-state index in [2.05, 4.69) is 21.2 Å². The van der Waals surface area contributed by atoms with Crippen molar-refractivity contribution in [2.45, 2.75) is 27.7 Å². The third-order valence-electron chi connectivity index (χ3n) is 4.71. The molecule has 0 aliphatic rings. The fraction of sp³-hybridized carbons (Fsp3) is 0.238. The average molecular weight is 364 g/mol. The molecule has 4 N–H and O–H groups in total. The highest BCUT2D eigenvalue weighted by Crippen LogP contribution is 2.22. The summed E-state index contributed by atoms with van der Waals surface area (Å²) in [7, 11) is 0. The van der Waals surface area contributed by atoms with Gasteiger partial charge in [-0.25, -0.2) is 0 Å². The molecule has 6 nitrogen and oxygen atoms in total. The quantitative estimate of drug-likeness (QED) is 0.536. The summed E-state index contributed by atoms with van der Waals surface area (Å²) in [5.41, 5.74) is 11.7. The number of amides is 2. The summed E-state index contributed by atoms with van der Waals surface area (Å²) in [6, 6.07) is 11.4. The van der Waals surface area contributed by atoms with Crippen LogP contribution in [0.2, 0.25) is 0 Å². The molecule has 3 rings (SSSR count). The molecular weight excluding hydrogens is 340 g/mol.